The van der Waals surface area contributed by atoms with Gasteiger partial charge in [0.05, 0.1) is 13.2 Å². The van der Waals surface area contributed by atoms with Crippen LogP contribution in [0.2, 0.25) is 0 Å². The Morgan fingerprint density at radius 2 is 2.05 bits per heavy atom. The Kier molecular flexibility index (Phi) is 3.36. The van der Waals surface area contributed by atoms with Crippen molar-refractivity contribution in [3.63, 3.8) is 0 Å². The molecule has 0 bridgehead atoms. The Balaban J connectivity index is 1.95. The lowest BCUT2D eigenvalue weighted by Crippen LogP contribution is -2.13. The molecule has 3 rings (SSSR count). The highest BCUT2D eigenvalue weighted by Crippen LogP contribution is 2.34. The first-order valence-electron chi connectivity index (χ1n) is 6.87. The van der Waals surface area contributed by atoms with Gasteiger partial charge in [0.1, 0.15) is 17.6 Å². The maximum absolute atomic E-state index is 6.40. The maximum Gasteiger partial charge on any atom is 0.123 e. The Hall–Kier alpha value is -2.00. The number of fused-ring (bicyclic) bond motifs is 1. The number of hydrogen-bond donors (Lipinski definition) is 1. The molecule has 0 radical (unpaired) electrons. The van der Waals surface area contributed by atoms with Crippen molar-refractivity contribution in [2.45, 2.75) is 25.5 Å². The van der Waals surface area contributed by atoms with Gasteiger partial charge in [-0.25, -0.2) is 0 Å². The van der Waals surface area contributed by atoms with Gasteiger partial charge < -0.3 is 15.2 Å². The summed E-state index contributed by atoms with van der Waals surface area (Å²) in [5, 5.41) is 0. The second-order valence-corrected chi connectivity index (χ2v) is 5.22. The Bertz CT molecular complexity index is 624. The number of hydrogen-bond acceptors (Lipinski definition) is 3. The highest BCUT2D eigenvalue weighted by molar-refractivity contribution is 5.46. The van der Waals surface area contributed by atoms with Crippen LogP contribution in [0.15, 0.2) is 42.5 Å². The molecule has 0 aliphatic carbocycles. The van der Waals surface area contributed by atoms with Crippen LogP contribution in [0.4, 0.5) is 0 Å². The molecule has 1 aliphatic heterocycles. The van der Waals surface area contributed by atoms with Gasteiger partial charge in [-0.3, -0.25) is 0 Å². The zero-order chi connectivity index (χ0) is 14.1. The van der Waals surface area contributed by atoms with E-state index in [0.717, 1.165) is 29.0 Å². The Labute approximate surface area is 119 Å². The molecule has 0 saturated carbocycles. The van der Waals surface area contributed by atoms with Gasteiger partial charge in [-0.2, -0.15) is 0 Å². The van der Waals surface area contributed by atoms with Crippen molar-refractivity contribution >= 4 is 0 Å². The second kappa shape index (κ2) is 5.17. The van der Waals surface area contributed by atoms with E-state index < -0.39 is 0 Å². The summed E-state index contributed by atoms with van der Waals surface area (Å²) in [6.45, 7) is 2.08. The zero-order valence-corrected chi connectivity index (χ0v) is 11.8. The molecule has 2 aromatic carbocycles. The third kappa shape index (κ3) is 2.25. The van der Waals surface area contributed by atoms with Crippen LogP contribution in [0.3, 0.4) is 0 Å². The topological polar surface area (TPSA) is 44.5 Å². The summed E-state index contributed by atoms with van der Waals surface area (Å²) in [7, 11) is 1.67. The minimum absolute atomic E-state index is 0.188. The number of rotatable bonds is 3. The molecule has 104 valence electrons. The molecule has 3 heteroatoms. The van der Waals surface area contributed by atoms with E-state index in [1.165, 1.54) is 5.56 Å². The van der Waals surface area contributed by atoms with E-state index in [1.54, 1.807) is 7.11 Å². The summed E-state index contributed by atoms with van der Waals surface area (Å²) in [6, 6.07) is 13.9. The van der Waals surface area contributed by atoms with Crippen molar-refractivity contribution in [3.8, 4) is 11.5 Å². The normalized spacial score (nSPS) is 18.2. The first-order chi connectivity index (χ1) is 9.69. The largest absolute Gasteiger partial charge is 0.496 e. The summed E-state index contributed by atoms with van der Waals surface area (Å²) >= 11 is 0. The smallest absolute Gasteiger partial charge is 0.123 e. The summed E-state index contributed by atoms with van der Waals surface area (Å²) in [6.07, 6.45) is 1.20. The summed E-state index contributed by atoms with van der Waals surface area (Å²) in [4.78, 5) is 0. The fraction of sp³-hybridized carbons (Fsp3) is 0.294. The average molecular weight is 269 g/mol. The molecule has 0 amide bonds. The van der Waals surface area contributed by atoms with Crippen LogP contribution in [-0.4, -0.2) is 13.2 Å². The first-order valence-corrected chi connectivity index (χ1v) is 6.87. The van der Waals surface area contributed by atoms with Crippen LogP contribution in [0.5, 0.6) is 11.5 Å². The molecule has 20 heavy (non-hydrogen) atoms. The molecule has 3 nitrogen and oxygen atoms in total. The second-order valence-electron chi connectivity index (χ2n) is 5.22. The van der Waals surface area contributed by atoms with Crippen molar-refractivity contribution < 1.29 is 9.47 Å². The fourth-order valence-electron chi connectivity index (χ4n) is 2.74. The van der Waals surface area contributed by atoms with Crippen molar-refractivity contribution in [3.05, 3.63) is 59.2 Å². The predicted octanol–water partition coefficient (Wildman–Crippen LogP) is 3.07. The van der Waals surface area contributed by atoms with Crippen LogP contribution in [0.25, 0.3) is 0 Å². The molecule has 2 atom stereocenters. The first kappa shape index (κ1) is 13.0. The Morgan fingerprint density at radius 3 is 2.85 bits per heavy atom. The summed E-state index contributed by atoms with van der Waals surface area (Å²) < 4.78 is 11.1. The average Bonchev–Trinajstić information content (AvgIpc) is 2.85. The lowest BCUT2D eigenvalue weighted by atomic mass is 9.96. The van der Waals surface area contributed by atoms with Gasteiger partial charge in [0.25, 0.3) is 0 Å². The number of nitrogens with two attached hydrogens (primary N) is 1. The molecular formula is C17H19NO2. The lowest BCUT2D eigenvalue weighted by Gasteiger charge is -2.16. The van der Waals surface area contributed by atoms with Gasteiger partial charge in [0.2, 0.25) is 0 Å². The molecule has 2 unspecified atom stereocenters. The molecule has 2 aromatic rings. The van der Waals surface area contributed by atoms with Gasteiger partial charge in [-0.05, 0) is 30.2 Å². The van der Waals surface area contributed by atoms with E-state index in [-0.39, 0.29) is 12.1 Å². The fourth-order valence-corrected chi connectivity index (χ4v) is 2.74. The highest BCUT2D eigenvalue weighted by Gasteiger charge is 2.21. The van der Waals surface area contributed by atoms with Gasteiger partial charge in [-0.1, -0.05) is 30.3 Å². The zero-order valence-electron chi connectivity index (χ0n) is 11.8. The molecule has 0 spiro atoms. The SMILES string of the molecule is COc1ccccc1C(N)c1ccc2c(c1)CC(C)O2. The number of methoxy groups -OCH3 is 1. The predicted molar refractivity (Wildman–Crippen MR) is 79.3 cm³/mol. The van der Waals surface area contributed by atoms with Crippen molar-refractivity contribution in [2.24, 2.45) is 5.73 Å². The van der Waals surface area contributed by atoms with E-state index >= 15 is 0 Å². The number of benzene rings is 2. The molecular weight excluding hydrogens is 250 g/mol. The van der Waals surface area contributed by atoms with Crippen LogP contribution in [0, 0.1) is 0 Å². The third-order valence-corrected chi connectivity index (χ3v) is 3.75. The monoisotopic (exact) mass is 269 g/mol. The molecule has 1 heterocycles. The van der Waals surface area contributed by atoms with E-state index in [0.29, 0.717) is 0 Å². The van der Waals surface area contributed by atoms with Crippen LogP contribution in [0.1, 0.15) is 29.7 Å². The van der Waals surface area contributed by atoms with E-state index in [2.05, 4.69) is 13.0 Å². The molecule has 1 aliphatic rings. The molecule has 2 N–H and O–H groups in total. The van der Waals surface area contributed by atoms with Crippen molar-refractivity contribution in [2.75, 3.05) is 7.11 Å². The quantitative estimate of drug-likeness (QED) is 0.931. The summed E-state index contributed by atoms with van der Waals surface area (Å²) in [5.41, 5.74) is 9.73. The van der Waals surface area contributed by atoms with Crippen LogP contribution < -0.4 is 15.2 Å². The van der Waals surface area contributed by atoms with Gasteiger partial charge in [-0.15, -0.1) is 0 Å². The van der Waals surface area contributed by atoms with Gasteiger partial charge in [0, 0.05) is 12.0 Å². The summed E-state index contributed by atoms with van der Waals surface area (Å²) in [5.74, 6) is 1.80. The third-order valence-electron chi connectivity index (χ3n) is 3.75. The lowest BCUT2D eigenvalue weighted by molar-refractivity contribution is 0.254. The minimum atomic E-state index is -0.188. The van der Waals surface area contributed by atoms with E-state index in [1.807, 2.05) is 36.4 Å². The van der Waals surface area contributed by atoms with Crippen molar-refractivity contribution in [1.82, 2.24) is 0 Å². The highest BCUT2D eigenvalue weighted by atomic mass is 16.5. The number of ether oxygens (including phenoxy) is 2. The van der Waals surface area contributed by atoms with Gasteiger partial charge >= 0.3 is 0 Å². The van der Waals surface area contributed by atoms with Crippen molar-refractivity contribution in [1.29, 1.82) is 0 Å². The van der Waals surface area contributed by atoms with E-state index in [9.17, 15) is 0 Å². The van der Waals surface area contributed by atoms with Gasteiger partial charge in [0.15, 0.2) is 0 Å². The number of para-hydroxylation sites is 1. The molecule has 0 aromatic heterocycles. The molecule has 0 saturated heterocycles. The Morgan fingerprint density at radius 1 is 1.25 bits per heavy atom. The molecule has 0 fully saturated rings. The van der Waals surface area contributed by atoms with Crippen LogP contribution in [-0.2, 0) is 6.42 Å². The van der Waals surface area contributed by atoms with E-state index in [4.69, 9.17) is 15.2 Å². The maximum atomic E-state index is 6.40. The van der Waals surface area contributed by atoms with Crippen LogP contribution >= 0.6 is 0 Å². The standard InChI is InChI=1S/C17H19NO2/c1-11-9-13-10-12(7-8-15(13)20-11)17(18)14-5-3-4-6-16(14)19-2/h3-8,10-11,17H,9,18H2,1-2H3. The minimum Gasteiger partial charge on any atom is -0.496 e.